The molecule has 5 heteroatoms. The van der Waals surface area contributed by atoms with Crippen molar-refractivity contribution in [2.24, 2.45) is 5.92 Å². The molecule has 1 fully saturated rings. The fraction of sp³-hybridized carbons (Fsp3) is 0.538. The van der Waals surface area contributed by atoms with Gasteiger partial charge in [-0.3, -0.25) is 0 Å². The number of hydrogen-bond acceptors (Lipinski definition) is 4. The summed E-state index contributed by atoms with van der Waals surface area (Å²) >= 11 is 0. The second-order valence-corrected chi connectivity index (χ2v) is 6.93. The average molecular weight is 269 g/mol. The van der Waals surface area contributed by atoms with Gasteiger partial charge >= 0.3 is 0 Å². The lowest BCUT2D eigenvalue weighted by Crippen LogP contribution is -2.31. The van der Waals surface area contributed by atoms with E-state index >= 15 is 0 Å². The van der Waals surface area contributed by atoms with Crippen LogP contribution in [0, 0.1) is 5.92 Å². The molecule has 0 saturated carbocycles. The van der Waals surface area contributed by atoms with E-state index in [0.29, 0.717) is 17.9 Å². The van der Waals surface area contributed by atoms with Gasteiger partial charge in [-0.25, -0.2) is 8.42 Å². The van der Waals surface area contributed by atoms with Crippen LogP contribution in [0.5, 0.6) is 5.75 Å². The van der Waals surface area contributed by atoms with Crippen LogP contribution in [0.2, 0.25) is 0 Å². The van der Waals surface area contributed by atoms with Crippen LogP contribution in [-0.2, 0) is 16.3 Å². The Morgan fingerprint density at radius 3 is 2.83 bits per heavy atom. The molecule has 0 radical (unpaired) electrons. The minimum Gasteiger partial charge on any atom is -0.508 e. The number of nitrogens with one attached hydrogen (secondary N) is 1. The van der Waals surface area contributed by atoms with Gasteiger partial charge in [-0.2, -0.15) is 0 Å². The molecule has 100 valence electrons. The Bertz CT molecular complexity index is 519. The molecule has 2 rings (SSSR count). The Kier molecular flexibility index (Phi) is 3.92. The largest absolute Gasteiger partial charge is 0.508 e. The van der Waals surface area contributed by atoms with Gasteiger partial charge in [-0.15, -0.1) is 0 Å². The Balaban J connectivity index is 2.31. The van der Waals surface area contributed by atoms with Gasteiger partial charge < -0.3 is 10.4 Å². The van der Waals surface area contributed by atoms with Crippen molar-refractivity contribution in [1.29, 1.82) is 0 Å². The number of hydrogen-bond donors (Lipinski definition) is 2. The van der Waals surface area contributed by atoms with E-state index in [9.17, 15) is 13.5 Å². The summed E-state index contributed by atoms with van der Waals surface area (Å²) in [6.45, 7) is 1.91. The Morgan fingerprint density at radius 2 is 2.22 bits per heavy atom. The molecule has 1 unspecified atom stereocenters. The maximum Gasteiger partial charge on any atom is 0.175 e. The van der Waals surface area contributed by atoms with E-state index in [0.717, 1.165) is 25.9 Å². The third kappa shape index (κ3) is 3.03. The fourth-order valence-corrected chi connectivity index (χ4v) is 3.45. The number of piperidine rings is 1. The molecule has 4 nitrogen and oxygen atoms in total. The first-order valence-electron chi connectivity index (χ1n) is 6.20. The highest BCUT2D eigenvalue weighted by atomic mass is 32.2. The predicted octanol–water partition coefficient (Wildman–Crippen LogP) is 1.34. The van der Waals surface area contributed by atoms with Gasteiger partial charge in [0.15, 0.2) is 9.84 Å². The Morgan fingerprint density at radius 1 is 1.44 bits per heavy atom. The lowest BCUT2D eigenvalue weighted by Gasteiger charge is -2.23. The number of benzene rings is 1. The number of aromatic hydroxyl groups is 1. The molecule has 2 N–H and O–H groups in total. The second-order valence-electron chi connectivity index (χ2n) is 4.94. The van der Waals surface area contributed by atoms with E-state index in [1.807, 2.05) is 0 Å². The van der Waals surface area contributed by atoms with E-state index < -0.39 is 9.84 Å². The van der Waals surface area contributed by atoms with Crippen LogP contribution in [0.3, 0.4) is 0 Å². The molecule has 1 aliphatic rings. The summed E-state index contributed by atoms with van der Waals surface area (Å²) in [5.74, 6) is 0.482. The molecule has 1 heterocycles. The van der Waals surface area contributed by atoms with E-state index in [2.05, 4.69) is 5.32 Å². The third-order valence-electron chi connectivity index (χ3n) is 3.40. The first kappa shape index (κ1) is 13.4. The van der Waals surface area contributed by atoms with Crippen molar-refractivity contribution < 1.29 is 13.5 Å². The SMILES string of the molecule is CS(=O)(=O)c1cccc(O)c1CC1CCCNC1. The number of sulfone groups is 1. The molecule has 1 atom stereocenters. The summed E-state index contributed by atoms with van der Waals surface area (Å²) in [5.41, 5.74) is 0.564. The first-order chi connectivity index (χ1) is 8.48. The normalized spacial score (nSPS) is 20.8. The summed E-state index contributed by atoms with van der Waals surface area (Å²) in [5, 5.41) is 13.2. The average Bonchev–Trinajstić information content (AvgIpc) is 2.32. The fourth-order valence-electron chi connectivity index (χ4n) is 2.49. The summed E-state index contributed by atoms with van der Waals surface area (Å²) in [6.07, 6.45) is 3.98. The molecule has 1 saturated heterocycles. The maximum absolute atomic E-state index is 11.7. The minimum atomic E-state index is -3.29. The molecule has 0 amide bonds. The third-order valence-corrected chi connectivity index (χ3v) is 4.58. The molecule has 0 aliphatic carbocycles. The van der Waals surface area contributed by atoms with Crippen molar-refractivity contribution in [3.63, 3.8) is 0 Å². The van der Waals surface area contributed by atoms with Crippen molar-refractivity contribution in [3.05, 3.63) is 23.8 Å². The Labute approximate surface area is 108 Å². The molecular weight excluding hydrogens is 250 g/mol. The van der Waals surface area contributed by atoms with E-state index in [-0.39, 0.29) is 10.6 Å². The maximum atomic E-state index is 11.7. The standard InChI is InChI=1S/C13H19NO3S/c1-18(16,17)13-6-2-5-12(15)11(13)8-10-4-3-7-14-9-10/h2,5-6,10,14-15H,3-4,7-9H2,1H3. The van der Waals surface area contributed by atoms with Gasteiger partial charge in [0.1, 0.15) is 5.75 Å². The highest BCUT2D eigenvalue weighted by molar-refractivity contribution is 7.90. The van der Waals surface area contributed by atoms with E-state index in [1.165, 1.54) is 6.26 Å². The van der Waals surface area contributed by atoms with Crippen molar-refractivity contribution in [2.75, 3.05) is 19.3 Å². The molecule has 0 spiro atoms. The zero-order valence-corrected chi connectivity index (χ0v) is 11.3. The van der Waals surface area contributed by atoms with Gasteiger partial charge in [-0.1, -0.05) is 6.07 Å². The monoisotopic (exact) mass is 269 g/mol. The Hall–Kier alpha value is -1.07. The van der Waals surface area contributed by atoms with Gasteiger partial charge in [0.25, 0.3) is 0 Å². The molecule has 1 aromatic rings. The van der Waals surface area contributed by atoms with Crippen molar-refractivity contribution in [2.45, 2.75) is 24.2 Å². The van der Waals surface area contributed by atoms with Gasteiger partial charge in [-0.05, 0) is 50.4 Å². The second kappa shape index (κ2) is 5.28. The predicted molar refractivity (Wildman–Crippen MR) is 70.5 cm³/mol. The number of rotatable bonds is 3. The summed E-state index contributed by atoms with van der Waals surface area (Å²) < 4.78 is 23.4. The lowest BCUT2D eigenvalue weighted by atomic mass is 9.92. The molecule has 18 heavy (non-hydrogen) atoms. The zero-order chi connectivity index (χ0) is 13.2. The van der Waals surface area contributed by atoms with Gasteiger partial charge in [0.2, 0.25) is 0 Å². The minimum absolute atomic E-state index is 0.0866. The van der Waals surface area contributed by atoms with E-state index in [1.54, 1.807) is 18.2 Å². The zero-order valence-electron chi connectivity index (χ0n) is 10.5. The van der Waals surface area contributed by atoms with Crippen molar-refractivity contribution in [1.82, 2.24) is 5.32 Å². The summed E-state index contributed by atoms with van der Waals surface area (Å²) in [7, 11) is -3.29. The van der Waals surface area contributed by atoms with E-state index in [4.69, 9.17) is 0 Å². The molecule has 1 aromatic carbocycles. The van der Waals surface area contributed by atoms with Gasteiger partial charge in [0.05, 0.1) is 4.90 Å². The van der Waals surface area contributed by atoms with Crippen LogP contribution in [0.4, 0.5) is 0 Å². The van der Waals surface area contributed by atoms with Crippen LogP contribution < -0.4 is 5.32 Å². The van der Waals surface area contributed by atoms with Crippen LogP contribution >= 0.6 is 0 Å². The molecular formula is C13H19NO3S. The quantitative estimate of drug-likeness (QED) is 0.869. The number of phenolic OH excluding ortho intramolecular Hbond substituents is 1. The highest BCUT2D eigenvalue weighted by Gasteiger charge is 2.21. The van der Waals surface area contributed by atoms with Crippen LogP contribution in [0.25, 0.3) is 0 Å². The van der Waals surface area contributed by atoms with Crippen LogP contribution in [0.1, 0.15) is 18.4 Å². The molecule has 0 aromatic heterocycles. The van der Waals surface area contributed by atoms with Gasteiger partial charge in [0, 0.05) is 11.8 Å². The van der Waals surface area contributed by atoms with Crippen molar-refractivity contribution >= 4 is 9.84 Å². The molecule has 1 aliphatic heterocycles. The smallest absolute Gasteiger partial charge is 0.175 e. The summed E-state index contributed by atoms with van der Waals surface area (Å²) in [4.78, 5) is 0.257. The molecule has 0 bridgehead atoms. The summed E-state index contributed by atoms with van der Waals surface area (Å²) in [6, 6.07) is 4.70. The highest BCUT2D eigenvalue weighted by Crippen LogP contribution is 2.29. The van der Waals surface area contributed by atoms with Crippen molar-refractivity contribution in [3.8, 4) is 5.75 Å². The van der Waals surface area contributed by atoms with Crippen LogP contribution in [-0.4, -0.2) is 32.9 Å². The van der Waals surface area contributed by atoms with Crippen LogP contribution in [0.15, 0.2) is 23.1 Å². The topological polar surface area (TPSA) is 66.4 Å². The lowest BCUT2D eigenvalue weighted by molar-refractivity contribution is 0.367. The first-order valence-corrected chi connectivity index (χ1v) is 8.09. The number of phenols is 1.